The Balaban J connectivity index is 1.34. The van der Waals surface area contributed by atoms with E-state index < -0.39 is 0 Å². The lowest BCUT2D eigenvalue weighted by molar-refractivity contribution is 0.628. The van der Waals surface area contributed by atoms with Crippen LogP contribution in [0.2, 0.25) is 0 Å². The van der Waals surface area contributed by atoms with Gasteiger partial charge < -0.3 is 10.6 Å². The molecule has 9 heteroatoms. The molecule has 2 N–H and O–H groups in total. The van der Waals surface area contributed by atoms with Gasteiger partial charge in [-0.2, -0.15) is 0 Å². The molecule has 2 aromatic carbocycles. The fraction of sp³-hybridized carbons (Fsp3) is 0. The van der Waals surface area contributed by atoms with E-state index in [0.717, 1.165) is 22.5 Å². The van der Waals surface area contributed by atoms with Crippen molar-refractivity contribution in [3.8, 4) is 22.5 Å². The average molecular weight is 464 g/mol. The number of halogens is 2. The first-order valence-corrected chi connectivity index (χ1v) is 11.3. The maximum absolute atomic E-state index is 13.4. The van der Waals surface area contributed by atoms with Gasteiger partial charge in [-0.25, -0.2) is 18.7 Å². The van der Waals surface area contributed by atoms with Gasteiger partial charge in [-0.1, -0.05) is 12.1 Å². The van der Waals surface area contributed by atoms with Crippen molar-refractivity contribution in [1.82, 2.24) is 15.0 Å². The molecule has 0 amide bonds. The highest BCUT2D eigenvalue weighted by Gasteiger charge is 2.10. The molecule has 0 aliphatic rings. The molecular weight excluding hydrogens is 448 g/mol. The van der Waals surface area contributed by atoms with Gasteiger partial charge in [0.2, 0.25) is 0 Å². The maximum Gasteiger partial charge on any atom is 0.187 e. The molecule has 3 aromatic heterocycles. The lowest BCUT2D eigenvalue weighted by Crippen LogP contribution is -1.91. The molecule has 0 atom stereocenters. The number of anilines is 4. The summed E-state index contributed by atoms with van der Waals surface area (Å²) >= 11 is 2.85. The van der Waals surface area contributed by atoms with Gasteiger partial charge in [0.05, 0.1) is 11.4 Å². The largest absolute Gasteiger partial charge is 0.331 e. The minimum absolute atomic E-state index is 0.307. The van der Waals surface area contributed by atoms with E-state index in [2.05, 4.69) is 25.6 Å². The molecule has 0 spiro atoms. The van der Waals surface area contributed by atoms with Crippen molar-refractivity contribution < 1.29 is 8.78 Å². The molecule has 0 saturated heterocycles. The highest BCUT2D eigenvalue weighted by molar-refractivity contribution is 7.14. The zero-order valence-corrected chi connectivity index (χ0v) is 18.1. The molecule has 0 aliphatic heterocycles. The van der Waals surface area contributed by atoms with E-state index in [1.807, 2.05) is 16.8 Å². The summed E-state index contributed by atoms with van der Waals surface area (Å²) in [6.45, 7) is 0. The van der Waals surface area contributed by atoms with Crippen LogP contribution in [0.5, 0.6) is 0 Å². The first kappa shape index (κ1) is 20.2. The number of benzene rings is 2. The Morgan fingerprint density at radius 1 is 0.656 bits per heavy atom. The molecular formula is C23H15F2N5S2. The van der Waals surface area contributed by atoms with E-state index in [-0.39, 0.29) is 11.6 Å². The van der Waals surface area contributed by atoms with Crippen LogP contribution in [0.4, 0.5) is 30.4 Å². The minimum Gasteiger partial charge on any atom is -0.331 e. The quantitative estimate of drug-likeness (QED) is 0.281. The second-order valence-electron chi connectivity index (χ2n) is 6.81. The smallest absolute Gasteiger partial charge is 0.187 e. The van der Waals surface area contributed by atoms with Crippen LogP contribution in [0.3, 0.4) is 0 Å². The van der Waals surface area contributed by atoms with E-state index in [9.17, 15) is 8.78 Å². The standard InChI is InChI=1S/C23H15F2N5S2/c24-16-3-1-5-18(8-16)27-22-29-20(12-31-22)14-7-15(11-26-10-14)21-13-32-23(30-21)28-19-6-2-4-17(25)9-19/h1-13H,(H,27,29)(H,28,30). The molecule has 0 unspecified atom stereocenters. The van der Waals surface area contributed by atoms with Crippen LogP contribution in [-0.2, 0) is 0 Å². The third-order valence-electron chi connectivity index (χ3n) is 4.49. The first-order chi connectivity index (χ1) is 15.6. The predicted molar refractivity (Wildman–Crippen MR) is 126 cm³/mol. The number of pyridine rings is 1. The van der Waals surface area contributed by atoms with E-state index in [1.54, 1.807) is 36.7 Å². The Morgan fingerprint density at radius 3 is 1.62 bits per heavy atom. The number of hydrogen-bond donors (Lipinski definition) is 2. The summed E-state index contributed by atoms with van der Waals surface area (Å²) in [7, 11) is 0. The Bertz CT molecular complexity index is 1280. The number of hydrogen-bond acceptors (Lipinski definition) is 7. The fourth-order valence-corrected chi connectivity index (χ4v) is 4.51. The number of nitrogens with one attached hydrogen (secondary N) is 2. The van der Waals surface area contributed by atoms with Crippen molar-refractivity contribution in [2.24, 2.45) is 0 Å². The third-order valence-corrected chi connectivity index (χ3v) is 6.01. The number of aromatic nitrogens is 3. The molecule has 0 aliphatic carbocycles. The zero-order valence-electron chi connectivity index (χ0n) is 16.4. The summed E-state index contributed by atoms with van der Waals surface area (Å²) in [6.07, 6.45) is 3.48. The summed E-state index contributed by atoms with van der Waals surface area (Å²) in [5.41, 5.74) is 4.49. The van der Waals surface area contributed by atoms with Crippen molar-refractivity contribution in [2.75, 3.05) is 10.6 Å². The summed E-state index contributed by atoms with van der Waals surface area (Å²) in [6, 6.07) is 14.4. The van der Waals surface area contributed by atoms with Gasteiger partial charge in [0.1, 0.15) is 11.6 Å². The lowest BCUT2D eigenvalue weighted by atomic mass is 10.1. The Labute approximate surface area is 190 Å². The van der Waals surface area contributed by atoms with Gasteiger partial charge in [-0.05, 0) is 42.5 Å². The molecule has 0 radical (unpaired) electrons. The van der Waals surface area contributed by atoms with Gasteiger partial charge in [0.15, 0.2) is 10.3 Å². The van der Waals surface area contributed by atoms with Crippen LogP contribution in [0.15, 0.2) is 77.8 Å². The molecule has 158 valence electrons. The van der Waals surface area contributed by atoms with E-state index in [4.69, 9.17) is 0 Å². The topological polar surface area (TPSA) is 62.7 Å². The molecule has 0 bridgehead atoms. The number of thiazole rings is 2. The molecule has 32 heavy (non-hydrogen) atoms. The second kappa shape index (κ2) is 8.81. The van der Waals surface area contributed by atoms with Crippen LogP contribution >= 0.6 is 22.7 Å². The Kier molecular flexibility index (Phi) is 5.57. The van der Waals surface area contributed by atoms with Gasteiger partial charge in [-0.15, -0.1) is 22.7 Å². The average Bonchev–Trinajstić information content (AvgIpc) is 3.44. The van der Waals surface area contributed by atoms with Crippen molar-refractivity contribution in [2.45, 2.75) is 0 Å². The molecule has 5 rings (SSSR count). The summed E-state index contributed by atoms with van der Waals surface area (Å²) in [5, 5.41) is 11.4. The van der Waals surface area contributed by atoms with Crippen LogP contribution in [0.1, 0.15) is 0 Å². The summed E-state index contributed by atoms with van der Waals surface area (Å²) < 4.78 is 26.8. The highest BCUT2D eigenvalue weighted by atomic mass is 32.1. The lowest BCUT2D eigenvalue weighted by Gasteiger charge is -2.03. The van der Waals surface area contributed by atoms with Crippen molar-refractivity contribution >= 4 is 44.3 Å². The monoisotopic (exact) mass is 463 g/mol. The van der Waals surface area contributed by atoms with E-state index in [1.165, 1.54) is 46.9 Å². The Morgan fingerprint density at radius 2 is 1.16 bits per heavy atom. The third kappa shape index (κ3) is 4.63. The van der Waals surface area contributed by atoms with Gasteiger partial charge in [0.25, 0.3) is 0 Å². The maximum atomic E-state index is 13.4. The van der Waals surface area contributed by atoms with E-state index >= 15 is 0 Å². The molecule has 0 saturated carbocycles. The molecule has 3 heterocycles. The predicted octanol–water partition coefficient (Wildman–Crippen LogP) is 7.09. The van der Waals surface area contributed by atoms with Crippen molar-refractivity contribution in [1.29, 1.82) is 0 Å². The number of nitrogens with zero attached hydrogens (tertiary/aromatic N) is 3. The van der Waals surface area contributed by atoms with Crippen molar-refractivity contribution in [3.63, 3.8) is 0 Å². The zero-order chi connectivity index (χ0) is 21.9. The van der Waals surface area contributed by atoms with Gasteiger partial charge in [0, 0.05) is 45.7 Å². The van der Waals surface area contributed by atoms with Crippen LogP contribution < -0.4 is 10.6 Å². The normalized spacial score (nSPS) is 10.8. The van der Waals surface area contributed by atoms with Crippen LogP contribution in [0.25, 0.3) is 22.5 Å². The number of rotatable bonds is 6. The first-order valence-electron chi connectivity index (χ1n) is 9.54. The SMILES string of the molecule is Fc1cccc(Nc2nc(-c3cncc(-c4csc(Nc5cccc(F)c5)n4)c3)cs2)c1. The Hall–Kier alpha value is -3.69. The molecule has 5 aromatic rings. The fourth-order valence-electron chi connectivity index (χ4n) is 3.03. The highest BCUT2D eigenvalue weighted by Crippen LogP contribution is 2.31. The second-order valence-corrected chi connectivity index (χ2v) is 8.52. The molecule has 5 nitrogen and oxygen atoms in total. The van der Waals surface area contributed by atoms with Crippen LogP contribution in [-0.4, -0.2) is 15.0 Å². The summed E-state index contributed by atoms with van der Waals surface area (Å²) in [4.78, 5) is 13.5. The molecule has 0 fully saturated rings. The minimum atomic E-state index is -0.307. The van der Waals surface area contributed by atoms with Crippen LogP contribution in [0, 0.1) is 11.6 Å². The van der Waals surface area contributed by atoms with E-state index in [0.29, 0.717) is 21.6 Å². The summed E-state index contributed by atoms with van der Waals surface area (Å²) in [5.74, 6) is -0.614. The van der Waals surface area contributed by atoms with Gasteiger partial charge in [-0.3, -0.25) is 4.98 Å². The van der Waals surface area contributed by atoms with Crippen molar-refractivity contribution in [3.05, 3.63) is 89.4 Å². The van der Waals surface area contributed by atoms with Gasteiger partial charge >= 0.3 is 0 Å².